The fourth-order valence-corrected chi connectivity index (χ4v) is 2.36. The fraction of sp³-hybridized carbons (Fsp3) is 0.250. The van der Waals surface area contributed by atoms with Crippen molar-refractivity contribution in [3.05, 3.63) is 57.8 Å². The predicted molar refractivity (Wildman–Crippen MR) is 83.8 cm³/mol. The molecule has 0 saturated carbocycles. The molecule has 0 aromatic heterocycles. The normalized spacial score (nSPS) is 11.1. The third kappa shape index (κ3) is 3.72. The van der Waals surface area contributed by atoms with E-state index in [4.69, 9.17) is 23.2 Å². The van der Waals surface area contributed by atoms with Gasteiger partial charge in [0.25, 0.3) is 0 Å². The molecule has 0 fully saturated rings. The van der Waals surface area contributed by atoms with Crippen LogP contribution in [0.25, 0.3) is 11.1 Å². The minimum Gasteiger partial charge on any atom is -0.310 e. The highest BCUT2D eigenvalue weighted by molar-refractivity contribution is 6.34. The number of hydrogen-bond donors (Lipinski definition) is 1. The third-order valence-electron chi connectivity index (χ3n) is 2.99. The number of hydrogen-bond acceptors (Lipinski definition) is 1. The maximum atomic E-state index is 13.5. The van der Waals surface area contributed by atoms with Crippen LogP contribution >= 0.6 is 23.2 Å². The number of nitrogens with one attached hydrogen (secondary N) is 1. The van der Waals surface area contributed by atoms with Crippen molar-refractivity contribution in [2.45, 2.75) is 26.4 Å². The van der Waals surface area contributed by atoms with Gasteiger partial charge in [0, 0.05) is 28.2 Å². The maximum Gasteiger partial charge on any atom is 0.123 e. The van der Waals surface area contributed by atoms with Crippen LogP contribution in [0.5, 0.6) is 0 Å². The van der Waals surface area contributed by atoms with Crippen molar-refractivity contribution in [3.63, 3.8) is 0 Å². The van der Waals surface area contributed by atoms with Gasteiger partial charge in [-0.2, -0.15) is 0 Å². The van der Waals surface area contributed by atoms with E-state index in [9.17, 15) is 4.39 Å². The van der Waals surface area contributed by atoms with Gasteiger partial charge in [-0.05, 0) is 41.5 Å². The summed E-state index contributed by atoms with van der Waals surface area (Å²) in [6.07, 6.45) is 0. The van der Waals surface area contributed by atoms with Crippen LogP contribution in [0.3, 0.4) is 0 Å². The second-order valence-electron chi connectivity index (χ2n) is 4.96. The van der Waals surface area contributed by atoms with Crippen LogP contribution in [0, 0.1) is 5.82 Å². The quantitative estimate of drug-likeness (QED) is 0.808. The molecule has 0 bridgehead atoms. The summed E-state index contributed by atoms with van der Waals surface area (Å²) in [5.74, 6) is -0.313. The molecule has 2 aromatic rings. The van der Waals surface area contributed by atoms with Crippen LogP contribution in [-0.4, -0.2) is 6.04 Å². The molecule has 0 heterocycles. The van der Waals surface area contributed by atoms with Crippen LogP contribution in [0.15, 0.2) is 36.4 Å². The molecule has 20 heavy (non-hydrogen) atoms. The average molecular weight is 312 g/mol. The van der Waals surface area contributed by atoms with Crippen LogP contribution in [0.1, 0.15) is 19.4 Å². The molecule has 0 saturated heterocycles. The minimum absolute atomic E-state index is 0.313. The van der Waals surface area contributed by atoms with E-state index in [0.29, 0.717) is 28.2 Å². The van der Waals surface area contributed by atoms with Crippen LogP contribution in [-0.2, 0) is 6.54 Å². The van der Waals surface area contributed by atoms with Gasteiger partial charge in [-0.15, -0.1) is 0 Å². The molecule has 4 heteroatoms. The van der Waals surface area contributed by atoms with Gasteiger partial charge >= 0.3 is 0 Å². The van der Waals surface area contributed by atoms with Crippen molar-refractivity contribution in [1.29, 1.82) is 0 Å². The molecule has 0 amide bonds. The molecule has 1 nitrogen and oxygen atoms in total. The number of rotatable bonds is 4. The first-order chi connectivity index (χ1) is 9.47. The highest BCUT2D eigenvalue weighted by Crippen LogP contribution is 2.33. The Morgan fingerprint density at radius 2 is 1.80 bits per heavy atom. The Balaban J connectivity index is 2.48. The second kappa shape index (κ2) is 6.57. The molecule has 0 aliphatic rings. The van der Waals surface area contributed by atoms with Gasteiger partial charge in [-0.1, -0.05) is 43.1 Å². The lowest BCUT2D eigenvalue weighted by molar-refractivity contribution is 0.589. The molecule has 0 aliphatic heterocycles. The zero-order valence-corrected chi connectivity index (χ0v) is 12.9. The van der Waals surface area contributed by atoms with Crippen molar-refractivity contribution >= 4 is 23.2 Å². The molecule has 106 valence electrons. The summed E-state index contributed by atoms with van der Waals surface area (Å²) >= 11 is 12.3. The van der Waals surface area contributed by atoms with Gasteiger partial charge in [0.05, 0.1) is 0 Å². The van der Waals surface area contributed by atoms with Gasteiger partial charge in [0.15, 0.2) is 0 Å². The lowest BCUT2D eigenvalue weighted by Crippen LogP contribution is -2.22. The summed E-state index contributed by atoms with van der Waals surface area (Å²) in [4.78, 5) is 0. The summed E-state index contributed by atoms with van der Waals surface area (Å²) in [6.45, 7) is 4.83. The van der Waals surface area contributed by atoms with Gasteiger partial charge in [-0.25, -0.2) is 4.39 Å². The zero-order valence-electron chi connectivity index (χ0n) is 11.4. The number of benzene rings is 2. The highest BCUT2D eigenvalue weighted by atomic mass is 35.5. The van der Waals surface area contributed by atoms with E-state index in [0.717, 1.165) is 11.1 Å². The Hall–Kier alpha value is -1.09. The van der Waals surface area contributed by atoms with Gasteiger partial charge < -0.3 is 5.32 Å². The molecule has 0 atom stereocenters. The van der Waals surface area contributed by atoms with E-state index in [-0.39, 0.29) is 5.82 Å². The summed E-state index contributed by atoms with van der Waals surface area (Å²) in [6, 6.07) is 10.3. The Kier molecular flexibility index (Phi) is 5.03. The number of halogens is 3. The van der Waals surface area contributed by atoms with Crippen LogP contribution < -0.4 is 5.32 Å². The SMILES string of the molecule is CC(C)NCc1ccc(Cl)cc1-c1cc(F)ccc1Cl. The van der Waals surface area contributed by atoms with E-state index in [2.05, 4.69) is 19.2 Å². The summed E-state index contributed by atoms with van der Waals surface area (Å²) < 4.78 is 13.5. The standard InChI is InChI=1S/C16H16Cl2FN/c1-10(2)20-9-11-3-4-12(17)7-14(11)15-8-13(19)5-6-16(15)18/h3-8,10,20H,9H2,1-2H3. The first-order valence-electron chi connectivity index (χ1n) is 6.44. The van der Waals surface area contributed by atoms with E-state index in [1.165, 1.54) is 12.1 Å². The molecule has 2 aromatic carbocycles. The molecule has 0 aliphatic carbocycles. The van der Waals surface area contributed by atoms with E-state index in [1.54, 1.807) is 6.07 Å². The molecule has 0 unspecified atom stereocenters. The Labute approximate surface area is 128 Å². The third-order valence-corrected chi connectivity index (χ3v) is 3.56. The Bertz CT molecular complexity index is 611. The first-order valence-corrected chi connectivity index (χ1v) is 7.20. The summed E-state index contributed by atoms with van der Waals surface area (Å²) in [7, 11) is 0. The fourth-order valence-electron chi connectivity index (χ4n) is 1.97. The first kappa shape index (κ1) is 15.3. The molecule has 1 N–H and O–H groups in total. The van der Waals surface area contributed by atoms with Gasteiger partial charge in [-0.3, -0.25) is 0 Å². The van der Waals surface area contributed by atoms with Crippen molar-refractivity contribution in [3.8, 4) is 11.1 Å². The second-order valence-corrected chi connectivity index (χ2v) is 5.80. The van der Waals surface area contributed by atoms with Gasteiger partial charge in [0.1, 0.15) is 5.82 Å². The zero-order chi connectivity index (χ0) is 14.7. The predicted octanol–water partition coefficient (Wildman–Crippen LogP) is 5.30. The Morgan fingerprint density at radius 1 is 1.05 bits per heavy atom. The largest absolute Gasteiger partial charge is 0.310 e. The minimum atomic E-state index is -0.313. The Morgan fingerprint density at radius 3 is 2.50 bits per heavy atom. The lowest BCUT2D eigenvalue weighted by atomic mass is 9.99. The van der Waals surface area contributed by atoms with Crippen molar-refractivity contribution in [2.75, 3.05) is 0 Å². The van der Waals surface area contributed by atoms with Crippen molar-refractivity contribution in [1.82, 2.24) is 5.32 Å². The average Bonchev–Trinajstić information content (AvgIpc) is 2.40. The van der Waals surface area contributed by atoms with Crippen LogP contribution in [0.4, 0.5) is 4.39 Å². The topological polar surface area (TPSA) is 12.0 Å². The van der Waals surface area contributed by atoms with E-state index in [1.807, 2.05) is 18.2 Å². The summed E-state index contributed by atoms with van der Waals surface area (Å²) in [5.41, 5.74) is 2.56. The monoisotopic (exact) mass is 311 g/mol. The summed E-state index contributed by atoms with van der Waals surface area (Å²) in [5, 5.41) is 4.46. The highest BCUT2D eigenvalue weighted by Gasteiger charge is 2.11. The molecular weight excluding hydrogens is 296 g/mol. The van der Waals surface area contributed by atoms with Gasteiger partial charge in [0.2, 0.25) is 0 Å². The van der Waals surface area contributed by atoms with Crippen molar-refractivity contribution in [2.24, 2.45) is 0 Å². The smallest absolute Gasteiger partial charge is 0.123 e. The molecule has 0 radical (unpaired) electrons. The maximum absolute atomic E-state index is 13.5. The lowest BCUT2D eigenvalue weighted by Gasteiger charge is -2.14. The molecule has 0 spiro atoms. The van der Waals surface area contributed by atoms with Crippen molar-refractivity contribution < 1.29 is 4.39 Å². The molecular formula is C16H16Cl2FN. The van der Waals surface area contributed by atoms with E-state index >= 15 is 0 Å². The van der Waals surface area contributed by atoms with Crippen LogP contribution in [0.2, 0.25) is 10.0 Å². The van der Waals surface area contributed by atoms with E-state index < -0.39 is 0 Å². The molecule has 2 rings (SSSR count).